The zero-order chi connectivity index (χ0) is 18.1. The van der Waals surface area contributed by atoms with Crippen LogP contribution in [-0.2, 0) is 20.8 Å². The van der Waals surface area contributed by atoms with E-state index < -0.39 is 0 Å². The van der Waals surface area contributed by atoms with Crippen molar-refractivity contribution in [3.63, 3.8) is 0 Å². The summed E-state index contributed by atoms with van der Waals surface area (Å²) in [5.41, 5.74) is 1.18. The molecule has 0 amide bonds. The van der Waals surface area contributed by atoms with Gasteiger partial charge in [0.2, 0.25) is 5.28 Å². The second-order valence-corrected chi connectivity index (χ2v) is 7.60. The number of nitrogens with zero attached hydrogens (tertiary/aromatic N) is 3. The highest BCUT2D eigenvalue weighted by Crippen LogP contribution is 2.36. The molecule has 136 valence electrons. The maximum atomic E-state index is 11.7. The van der Waals surface area contributed by atoms with Crippen molar-refractivity contribution in [2.75, 3.05) is 13.1 Å². The first kappa shape index (κ1) is 18.0. The Bertz CT molecular complexity index is 611. The Labute approximate surface area is 149 Å². The van der Waals surface area contributed by atoms with E-state index in [0.29, 0.717) is 4.97 Å². The van der Waals surface area contributed by atoms with E-state index in [0.717, 1.165) is 37.0 Å². The van der Waals surface area contributed by atoms with Crippen LogP contribution in [0.2, 0.25) is 0 Å². The maximum Gasteiger partial charge on any atom is 0.494 e. The van der Waals surface area contributed by atoms with Crippen LogP contribution >= 0.6 is 0 Å². The lowest BCUT2D eigenvalue weighted by Gasteiger charge is -2.32. The molecule has 0 radical (unpaired) electrons. The summed E-state index contributed by atoms with van der Waals surface area (Å²) in [5.74, 6) is 0. The highest BCUT2D eigenvalue weighted by Gasteiger charge is 2.51. The van der Waals surface area contributed by atoms with E-state index in [9.17, 15) is 5.21 Å². The van der Waals surface area contributed by atoms with E-state index >= 15 is 0 Å². The van der Waals surface area contributed by atoms with Gasteiger partial charge in [0.25, 0.3) is 0 Å². The molecule has 8 heteroatoms. The van der Waals surface area contributed by atoms with Gasteiger partial charge in [-0.3, -0.25) is 0 Å². The summed E-state index contributed by atoms with van der Waals surface area (Å²) < 4.78 is 12.1. The SMILES string of the molecule is CC1(C)OB(c2ccc(CO/N=[N+](\[O-])N3CCCC3)cc2)OC1(C)C. The molecule has 0 spiro atoms. The molecule has 0 unspecified atom stereocenters. The number of hydrazine groups is 1. The van der Waals surface area contributed by atoms with Crippen LogP contribution in [-0.4, -0.2) is 41.4 Å². The first-order chi connectivity index (χ1) is 11.8. The molecular weight excluding hydrogens is 321 g/mol. The van der Waals surface area contributed by atoms with Crippen molar-refractivity contribution >= 4 is 12.6 Å². The van der Waals surface area contributed by atoms with Crippen molar-refractivity contribution in [3.05, 3.63) is 35.0 Å². The minimum Gasteiger partial charge on any atom is -0.569 e. The van der Waals surface area contributed by atoms with Crippen molar-refractivity contribution in [2.24, 2.45) is 5.28 Å². The van der Waals surface area contributed by atoms with Gasteiger partial charge in [0, 0.05) is 0 Å². The fraction of sp³-hybridized carbons (Fsp3) is 0.647. The number of benzene rings is 1. The van der Waals surface area contributed by atoms with Crippen LogP contribution in [0.4, 0.5) is 0 Å². The summed E-state index contributed by atoms with van der Waals surface area (Å²) in [6, 6.07) is 7.77. The molecule has 2 heterocycles. The summed E-state index contributed by atoms with van der Waals surface area (Å²) in [6.07, 6.45) is 2.04. The zero-order valence-corrected chi connectivity index (χ0v) is 15.4. The minimum atomic E-state index is -0.378. The van der Waals surface area contributed by atoms with Gasteiger partial charge in [0.15, 0.2) is 0 Å². The molecule has 1 aromatic rings. The Morgan fingerprint density at radius 2 is 1.68 bits per heavy atom. The molecule has 0 bridgehead atoms. The van der Waals surface area contributed by atoms with E-state index in [2.05, 4.69) is 5.28 Å². The molecule has 0 aromatic heterocycles. The predicted molar refractivity (Wildman–Crippen MR) is 93.8 cm³/mol. The van der Waals surface area contributed by atoms with E-state index in [1.807, 2.05) is 52.0 Å². The molecule has 2 aliphatic rings. The van der Waals surface area contributed by atoms with Gasteiger partial charge < -0.3 is 19.4 Å². The van der Waals surface area contributed by atoms with Crippen molar-refractivity contribution in [3.8, 4) is 0 Å². The summed E-state index contributed by atoms with van der Waals surface area (Å²) in [5, 5.41) is 16.9. The molecule has 2 saturated heterocycles. The first-order valence-electron chi connectivity index (χ1n) is 8.78. The van der Waals surface area contributed by atoms with Crippen LogP contribution in [0.3, 0.4) is 0 Å². The summed E-state index contributed by atoms with van der Waals surface area (Å²) in [4.78, 5) is 5.71. The molecule has 2 aliphatic heterocycles. The van der Waals surface area contributed by atoms with Gasteiger partial charge in [-0.25, -0.2) is 0 Å². The highest BCUT2D eigenvalue weighted by atomic mass is 16.7. The molecule has 2 fully saturated rings. The van der Waals surface area contributed by atoms with Gasteiger partial charge in [0.05, 0.1) is 29.3 Å². The Hall–Kier alpha value is -1.80. The first-order valence-corrected chi connectivity index (χ1v) is 8.78. The molecule has 0 aliphatic carbocycles. The normalized spacial score (nSPS) is 22.5. The second-order valence-electron chi connectivity index (χ2n) is 7.60. The monoisotopic (exact) mass is 347 g/mol. The van der Waals surface area contributed by atoms with E-state index in [1.54, 1.807) is 5.01 Å². The Morgan fingerprint density at radius 1 is 1.12 bits per heavy atom. The molecule has 7 nitrogen and oxygen atoms in total. The lowest BCUT2D eigenvalue weighted by Crippen LogP contribution is -2.41. The van der Waals surface area contributed by atoms with Crippen LogP contribution in [0.15, 0.2) is 29.5 Å². The number of hydrogen-bond acceptors (Lipinski definition) is 5. The standard InChI is InChI=1S/C17H26BN3O4/c1-16(2)17(3,4)25-18(24-16)15-9-7-14(8-10-15)13-23-19-21(22)20-11-5-6-12-20/h7-10H,5-6,11-13H2,1-4H3/b21-19-. The van der Waals surface area contributed by atoms with Gasteiger partial charge in [-0.1, -0.05) is 24.3 Å². The quantitative estimate of drug-likeness (QED) is 0.354. The van der Waals surface area contributed by atoms with Crippen LogP contribution in [0.1, 0.15) is 46.1 Å². The number of hydrogen-bond donors (Lipinski definition) is 0. The Balaban J connectivity index is 1.55. The maximum absolute atomic E-state index is 11.7. The van der Waals surface area contributed by atoms with Crippen molar-refractivity contribution in [2.45, 2.75) is 58.3 Å². The Morgan fingerprint density at radius 3 is 2.24 bits per heavy atom. The van der Waals surface area contributed by atoms with Gasteiger partial charge in [0.1, 0.15) is 6.61 Å². The van der Waals surface area contributed by atoms with Crippen molar-refractivity contribution in [1.82, 2.24) is 5.01 Å². The molecule has 25 heavy (non-hydrogen) atoms. The minimum absolute atomic E-state index is 0.246. The van der Waals surface area contributed by atoms with Crippen LogP contribution in [0, 0.1) is 5.21 Å². The fourth-order valence-corrected chi connectivity index (χ4v) is 2.83. The van der Waals surface area contributed by atoms with Crippen LogP contribution in [0.25, 0.3) is 0 Å². The number of rotatable bonds is 5. The van der Waals surface area contributed by atoms with Gasteiger partial charge in [-0.05, 0) is 51.6 Å². The molecule has 0 atom stereocenters. The van der Waals surface area contributed by atoms with E-state index in [4.69, 9.17) is 14.1 Å². The van der Waals surface area contributed by atoms with Crippen LogP contribution < -0.4 is 5.46 Å². The summed E-state index contributed by atoms with van der Waals surface area (Å²) in [6.45, 7) is 9.85. The molecule has 3 rings (SSSR count). The van der Waals surface area contributed by atoms with E-state index in [-0.39, 0.29) is 24.9 Å². The summed E-state index contributed by atoms with van der Waals surface area (Å²) in [7, 11) is -0.378. The molecule has 0 saturated carbocycles. The third kappa shape index (κ3) is 3.90. The van der Waals surface area contributed by atoms with Gasteiger partial charge in [-0.15, -0.1) is 5.01 Å². The molecule has 0 N–H and O–H groups in total. The molecular formula is C17H26BN3O4. The van der Waals surface area contributed by atoms with Crippen LogP contribution in [0.5, 0.6) is 0 Å². The van der Waals surface area contributed by atoms with Crippen molar-refractivity contribution in [1.29, 1.82) is 0 Å². The zero-order valence-electron chi connectivity index (χ0n) is 15.4. The average Bonchev–Trinajstić information content (AvgIpc) is 3.15. The fourth-order valence-electron chi connectivity index (χ4n) is 2.83. The smallest absolute Gasteiger partial charge is 0.494 e. The Kier molecular flexibility index (Phi) is 4.93. The van der Waals surface area contributed by atoms with Gasteiger partial charge in [-0.2, -0.15) is 0 Å². The predicted octanol–water partition coefficient (Wildman–Crippen LogP) is 2.39. The largest absolute Gasteiger partial charge is 0.569 e. The van der Waals surface area contributed by atoms with Gasteiger partial charge >= 0.3 is 7.12 Å². The lowest BCUT2D eigenvalue weighted by atomic mass is 9.79. The second kappa shape index (κ2) is 6.84. The van der Waals surface area contributed by atoms with Crippen molar-refractivity contribution < 1.29 is 19.1 Å². The molecule has 1 aromatic carbocycles. The topological polar surface area (TPSA) is 69.4 Å². The lowest BCUT2D eigenvalue weighted by molar-refractivity contribution is -0.707. The third-order valence-corrected chi connectivity index (χ3v) is 5.19. The average molecular weight is 347 g/mol. The highest BCUT2D eigenvalue weighted by molar-refractivity contribution is 6.62. The summed E-state index contributed by atoms with van der Waals surface area (Å²) >= 11 is 0. The third-order valence-electron chi connectivity index (χ3n) is 5.19. The van der Waals surface area contributed by atoms with E-state index in [1.165, 1.54) is 0 Å².